The van der Waals surface area contributed by atoms with E-state index in [2.05, 4.69) is 31.0 Å². The zero-order valence-electron chi connectivity index (χ0n) is 16.9. The van der Waals surface area contributed by atoms with E-state index >= 15 is 0 Å². The molecule has 2 heterocycles. The molecule has 0 amide bonds. The lowest BCUT2D eigenvalue weighted by molar-refractivity contribution is -0.179. The van der Waals surface area contributed by atoms with Crippen LogP contribution in [0.3, 0.4) is 0 Å². The van der Waals surface area contributed by atoms with Crippen LogP contribution >= 0.6 is 0 Å². The monoisotopic (exact) mass is 383 g/mol. The smallest absolute Gasteiger partial charge is 0.495 e. The van der Waals surface area contributed by atoms with Gasteiger partial charge < -0.3 is 14.2 Å². The Bertz CT molecular complexity index is 836. The molecule has 0 aromatic carbocycles. The highest BCUT2D eigenvalue weighted by molar-refractivity contribution is 5.73. The van der Waals surface area contributed by atoms with Crippen molar-refractivity contribution in [3.05, 3.63) is 30.1 Å². The average molecular weight is 383 g/mol. The molecule has 0 spiro atoms. The normalized spacial score (nSPS) is 41.7. The fourth-order valence-electron chi connectivity index (χ4n) is 6.87. The summed E-state index contributed by atoms with van der Waals surface area (Å²) in [6.07, 6.45) is 11.2. The van der Waals surface area contributed by atoms with Crippen LogP contribution in [0.2, 0.25) is 0 Å². The predicted octanol–water partition coefficient (Wildman–Crippen LogP) is 4.86. The van der Waals surface area contributed by atoms with Gasteiger partial charge in [-0.3, -0.25) is 4.98 Å². The Morgan fingerprint density at radius 3 is 2.86 bits per heavy atom. The van der Waals surface area contributed by atoms with E-state index in [0.717, 1.165) is 37.9 Å². The molecule has 6 atom stereocenters. The number of cyclic esters (lactones) is 1. The van der Waals surface area contributed by atoms with Crippen molar-refractivity contribution in [1.82, 2.24) is 4.98 Å². The number of allylic oxidation sites excluding steroid dienone is 2. The highest BCUT2D eigenvalue weighted by atomic mass is 16.7. The van der Waals surface area contributed by atoms with Crippen molar-refractivity contribution in [3.63, 3.8) is 0 Å². The van der Waals surface area contributed by atoms with Crippen molar-refractivity contribution in [2.75, 3.05) is 13.7 Å². The highest BCUT2D eigenvalue weighted by Crippen LogP contribution is 2.65. The molecule has 1 aliphatic heterocycles. The lowest BCUT2D eigenvalue weighted by Crippen LogP contribution is -2.58. The van der Waals surface area contributed by atoms with Gasteiger partial charge in [-0.15, -0.1) is 0 Å². The van der Waals surface area contributed by atoms with Crippen LogP contribution in [-0.4, -0.2) is 31.0 Å². The molecule has 5 nitrogen and oxygen atoms in total. The molecule has 3 aliphatic carbocycles. The molecular weight excluding hydrogens is 354 g/mol. The van der Waals surface area contributed by atoms with Gasteiger partial charge in [-0.25, -0.2) is 4.79 Å². The van der Waals surface area contributed by atoms with Crippen LogP contribution in [0.15, 0.2) is 24.5 Å². The third-order valence-electron chi connectivity index (χ3n) is 8.36. The second-order valence-corrected chi connectivity index (χ2v) is 9.53. The summed E-state index contributed by atoms with van der Waals surface area (Å²) in [5.74, 6) is 2.64. The number of aromatic nitrogens is 1. The van der Waals surface area contributed by atoms with Gasteiger partial charge in [-0.05, 0) is 72.5 Å². The average Bonchev–Trinajstić information content (AvgIpc) is 3.06. The lowest BCUT2D eigenvalue weighted by atomic mass is 9.48. The van der Waals surface area contributed by atoms with Crippen molar-refractivity contribution in [3.8, 4) is 5.75 Å². The molecular formula is C23H29NO4. The summed E-state index contributed by atoms with van der Waals surface area (Å²) in [5, 5.41) is 0. The van der Waals surface area contributed by atoms with Gasteiger partial charge in [0.15, 0.2) is 0 Å². The molecule has 0 N–H and O–H groups in total. The third-order valence-corrected chi connectivity index (χ3v) is 8.36. The summed E-state index contributed by atoms with van der Waals surface area (Å²) in [6.45, 7) is 5.22. The molecule has 1 saturated heterocycles. The number of rotatable bonds is 2. The van der Waals surface area contributed by atoms with Crippen molar-refractivity contribution >= 4 is 11.7 Å². The van der Waals surface area contributed by atoms with Gasteiger partial charge in [0.2, 0.25) is 0 Å². The first-order valence-electron chi connectivity index (χ1n) is 10.5. The number of fused-ring (bicyclic) bond motifs is 5. The minimum absolute atomic E-state index is 0.00998. The van der Waals surface area contributed by atoms with Gasteiger partial charge in [-0.2, -0.15) is 0 Å². The predicted molar refractivity (Wildman–Crippen MR) is 105 cm³/mol. The molecule has 5 rings (SSSR count). The zero-order chi connectivity index (χ0) is 19.5. The van der Waals surface area contributed by atoms with E-state index < -0.39 is 6.16 Å². The highest BCUT2D eigenvalue weighted by Gasteiger charge is 2.60. The summed E-state index contributed by atoms with van der Waals surface area (Å²) >= 11 is 0. The fraction of sp³-hybridized carbons (Fsp3) is 0.652. The van der Waals surface area contributed by atoms with Gasteiger partial charge in [0.25, 0.3) is 0 Å². The Labute approximate surface area is 166 Å². The number of hydrogen-bond acceptors (Lipinski definition) is 5. The minimum Gasteiger partial charge on any atom is -0.495 e. The largest absolute Gasteiger partial charge is 0.508 e. The second-order valence-electron chi connectivity index (χ2n) is 9.53. The molecule has 6 unspecified atom stereocenters. The maximum atomic E-state index is 11.6. The number of carbonyl (C=O) groups is 1. The molecule has 5 heteroatoms. The van der Waals surface area contributed by atoms with Gasteiger partial charge in [0, 0.05) is 11.6 Å². The number of carbonyl (C=O) groups excluding carboxylic acids is 1. The van der Waals surface area contributed by atoms with Gasteiger partial charge in [0.05, 0.1) is 13.3 Å². The summed E-state index contributed by atoms with van der Waals surface area (Å²) in [4.78, 5) is 16.0. The Morgan fingerprint density at radius 2 is 2.04 bits per heavy atom. The van der Waals surface area contributed by atoms with Crippen LogP contribution in [-0.2, 0) is 9.47 Å². The van der Waals surface area contributed by atoms with Crippen molar-refractivity contribution in [2.45, 2.75) is 52.1 Å². The SMILES string of the molecule is COc1cncc(C2=CCC3C4CCC5OC(=O)OCC5(C)C4CCC23C)c1. The van der Waals surface area contributed by atoms with Crippen LogP contribution in [0.1, 0.15) is 51.5 Å². The van der Waals surface area contributed by atoms with E-state index in [-0.39, 0.29) is 16.9 Å². The maximum absolute atomic E-state index is 11.6. The van der Waals surface area contributed by atoms with Crippen molar-refractivity contribution in [2.24, 2.45) is 28.6 Å². The quantitative estimate of drug-likeness (QED) is 0.683. The number of pyridine rings is 1. The number of methoxy groups -OCH3 is 1. The van der Waals surface area contributed by atoms with E-state index in [1.54, 1.807) is 13.3 Å². The van der Waals surface area contributed by atoms with E-state index in [9.17, 15) is 4.79 Å². The van der Waals surface area contributed by atoms with E-state index in [0.29, 0.717) is 24.4 Å². The molecule has 1 aromatic heterocycles. The molecule has 1 aromatic rings. The first kappa shape index (κ1) is 18.0. The lowest BCUT2D eigenvalue weighted by Gasteiger charge is -2.58. The second kappa shape index (κ2) is 6.23. The van der Waals surface area contributed by atoms with Gasteiger partial charge in [0.1, 0.15) is 18.5 Å². The van der Waals surface area contributed by atoms with Crippen LogP contribution in [0.4, 0.5) is 4.79 Å². The van der Waals surface area contributed by atoms with Gasteiger partial charge >= 0.3 is 6.16 Å². The molecule has 4 aliphatic rings. The van der Waals surface area contributed by atoms with Crippen molar-refractivity contribution < 1.29 is 19.0 Å². The Hall–Kier alpha value is -2.04. The third kappa shape index (κ3) is 2.44. The molecule has 28 heavy (non-hydrogen) atoms. The van der Waals surface area contributed by atoms with E-state index in [1.165, 1.54) is 11.1 Å². The number of hydrogen-bond donors (Lipinski definition) is 0. The van der Waals surface area contributed by atoms with Crippen LogP contribution in [0, 0.1) is 28.6 Å². The number of nitrogens with zero attached hydrogens (tertiary/aromatic N) is 1. The molecule has 2 saturated carbocycles. The molecule has 0 radical (unpaired) electrons. The first-order valence-corrected chi connectivity index (χ1v) is 10.5. The van der Waals surface area contributed by atoms with Crippen molar-refractivity contribution in [1.29, 1.82) is 0 Å². The van der Waals surface area contributed by atoms with Crippen LogP contribution in [0.5, 0.6) is 5.75 Å². The summed E-state index contributed by atoms with van der Waals surface area (Å²) < 4.78 is 16.4. The number of ether oxygens (including phenoxy) is 3. The first-order chi connectivity index (χ1) is 13.5. The zero-order valence-corrected chi connectivity index (χ0v) is 16.9. The fourth-order valence-corrected chi connectivity index (χ4v) is 6.87. The molecule has 3 fully saturated rings. The summed E-state index contributed by atoms with van der Waals surface area (Å²) in [5.41, 5.74) is 2.74. The maximum Gasteiger partial charge on any atom is 0.508 e. The van der Waals surface area contributed by atoms with E-state index in [1.807, 2.05) is 6.20 Å². The van der Waals surface area contributed by atoms with Crippen LogP contribution < -0.4 is 4.74 Å². The molecule has 150 valence electrons. The summed E-state index contributed by atoms with van der Waals surface area (Å²) in [6, 6.07) is 2.12. The van der Waals surface area contributed by atoms with Crippen LogP contribution in [0.25, 0.3) is 5.57 Å². The molecule has 0 bridgehead atoms. The topological polar surface area (TPSA) is 57.7 Å². The van der Waals surface area contributed by atoms with Gasteiger partial charge in [-0.1, -0.05) is 19.9 Å². The standard InChI is InChI=1S/C23H29NO4/c1-22-9-8-19-16(4-7-20-23(19,2)13-27-21(25)28-20)18(22)6-5-17(22)14-10-15(26-3)12-24-11-14/h5,10-12,16,18-20H,4,6-9,13H2,1-3H3. The Morgan fingerprint density at radius 1 is 1.18 bits per heavy atom. The Kier molecular flexibility index (Phi) is 4.01. The van der Waals surface area contributed by atoms with E-state index in [4.69, 9.17) is 14.2 Å². The minimum atomic E-state index is -0.489. The Balaban J connectivity index is 1.44. The summed E-state index contributed by atoms with van der Waals surface area (Å²) in [7, 11) is 1.69.